The topological polar surface area (TPSA) is 42.0 Å². The molecule has 1 N–H and O–H groups in total. The highest BCUT2D eigenvalue weighted by Crippen LogP contribution is 2.32. The van der Waals surface area contributed by atoms with Crippen LogP contribution in [0.1, 0.15) is 20.9 Å². The van der Waals surface area contributed by atoms with E-state index >= 15 is 0 Å². The molecule has 0 saturated carbocycles. The highest BCUT2D eigenvalue weighted by atomic mass is 35.5. The highest BCUT2D eigenvalue weighted by Gasteiger charge is 2.17. The Morgan fingerprint density at radius 3 is 2.58 bits per heavy atom. The quantitative estimate of drug-likeness (QED) is 0.717. The van der Waals surface area contributed by atoms with E-state index in [0.717, 1.165) is 22.7 Å². The maximum absolute atomic E-state index is 12.4. The van der Waals surface area contributed by atoms with Gasteiger partial charge in [0.1, 0.15) is 9.88 Å². The minimum atomic E-state index is -0.0840. The molecule has 5 heteroatoms. The molecule has 0 atom stereocenters. The van der Waals surface area contributed by atoms with Crippen LogP contribution in [0.25, 0.3) is 10.6 Å². The van der Waals surface area contributed by atoms with E-state index in [9.17, 15) is 4.79 Å². The van der Waals surface area contributed by atoms with Crippen molar-refractivity contribution in [2.75, 3.05) is 6.54 Å². The molecule has 0 spiro atoms. The normalized spacial score (nSPS) is 10.6. The van der Waals surface area contributed by atoms with Gasteiger partial charge in [-0.15, -0.1) is 11.3 Å². The van der Waals surface area contributed by atoms with E-state index in [1.807, 2.05) is 49.4 Å². The zero-order valence-electron chi connectivity index (χ0n) is 13.3. The average molecular weight is 357 g/mol. The molecule has 3 nitrogen and oxygen atoms in total. The fourth-order valence-electron chi connectivity index (χ4n) is 2.40. The number of hydrogen-bond acceptors (Lipinski definition) is 3. The Kier molecular flexibility index (Phi) is 5.28. The van der Waals surface area contributed by atoms with Gasteiger partial charge in [-0.2, -0.15) is 0 Å². The molecule has 0 fully saturated rings. The van der Waals surface area contributed by atoms with E-state index in [0.29, 0.717) is 16.4 Å². The zero-order chi connectivity index (χ0) is 16.9. The van der Waals surface area contributed by atoms with Crippen molar-refractivity contribution in [3.05, 3.63) is 75.8 Å². The number of benzene rings is 2. The van der Waals surface area contributed by atoms with Crippen molar-refractivity contribution in [1.29, 1.82) is 0 Å². The summed E-state index contributed by atoms with van der Waals surface area (Å²) in [4.78, 5) is 17.6. The maximum atomic E-state index is 12.4. The second-order valence-electron chi connectivity index (χ2n) is 5.40. The van der Waals surface area contributed by atoms with E-state index in [4.69, 9.17) is 11.6 Å². The van der Waals surface area contributed by atoms with E-state index < -0.39 is 0 Å². The van der Waals surface area contributed by atoms with Crippen LogP contribution in [0.5, 0.6) is 0 Å². The predicted octanol–water partition coefficient (Wildman–Crippen LogP) is 4.74. The van der Waals surface area contributed by atoms with Crippen LogP contribution in [-0.4, -0.2) is 17.4 Å². The highest BCUT2D eigenvalue weighted by molar-refractivity contribution is 7.17. The van der Waals surface area contributed by atoms with Crippen molar-refractivity contribution in [2.45, 2.75) is 13.3 Å². The van der Waals surface area contributed by atoms with Crippen LogP contribution in [0.2, 0.25) is 5.02 Å². The van der Waals surface area contributed by atoms with Crippen molar-refractivity contribution in [1.82, 2.24) is 10.3 Å². The van der Waals surface area contributed by atoms with Gasteiger partial charge >= 0.3 is 0 Å². The standard InChI is InChI=1S/C19H17ClN2OS/c1-13-17(18(23)21-12-11-14-7-3-2-4-8-14)24-19(22-13)15-9-5-6-10-16(15)20/h2-10H,11-12H2,1H3,(H,21,23). The number of aromatic nitrogens is 1. The summed E-state index contributed by atoms with van der Waals surface area (Å²) in [7, 11) is 0. The van der Waals surface area contributed by atoms with E-state index in [-0.39, 0.29) is 5.91 Å². The fourth-order valence-corrected chi connectivity index (χ4v) is 3.71. The SMILES string of the molecule is Cc1nc(-c2ccccc2Cl)sc1C(=O)NCCc1ccccc1. The first kappa shape index (κ1) is 16.7. The third-order valence-corrected chi connectivity index (χ3v) is 5.17. The van der Waals surface area contributed by atoms with Crippen LogP contribution in [-0.2, 0) is 6.42 Å². The molecular formula is C19H17ClN2OS. The van der Waals surface area contributed by atoms with Crippen molar-refractivity contribution in [3.8, 4) is 10.6 Å². The third kappa shape index (κ3) is 3.83. The number of halogens is 1. The van der Waals surface area contributed by atoms with Gasteiger partial charge in [-0.3, -0.25) is 4.79 Å². The number of aryl methyl sites for hydroxylation is 1. The van der Waals surface area contributed by atoms with Gasteiger partial charge in [0.05, 0.1) is 10.7 Å². The van der Waals surface area contributed by atoms with Gasteiger partial charge < -0.3 is 5.32 Å². The third-order valence-electron chi connectivity index (χ3n) is 3.65. The van der Waals surface area contributed by atoms with Gasteiger partial charge in [0, 0.05) is 12.1 Å². The molecule has 0 aliphatic carbocycles. The molecule has 0 aliphatic rings. The lowest BCUT2D eigenvalue weighted by atomic mass is 10.1. The molecule has 2 aromatic carbocycles. The van der Waals surface area contributed by atoms with E-state index in [1.54, 1.807) is 0 Å². The van der Waals surface area contributed by atoms with Crippen LogP contribution in [0.15, 0.2) is 54.6 Å². The number of carbonyl (C=O) groups is 1. The minimum Gasteiger partial charge on any atom is -0.351 e. The monoisotopic (exact) mass is 356 g/mol. The van der Waals surface area contributed by atoms with Crippen molar-refractivity contribution in [2.24, 2.45) is 0 Å². The Morgan fingerprint density at radius 1 is 1.12 bits per heavy atom. The molecule has 24 heavy (non-hydrogen) atoms. The first-order valence-corrected chi connectivity index (χ1v) is 8.89. The zero-order valence-corrected chi connectivity index (χ0v) is 14.8. The molecule has 122 valence electrons. The maximum Gasteiger partial charge on any atom is 0.263 e. The van der Waals surface area contributed by atoms with Gasteiger partial charge in [-0.1, -0.05) is 60.1 Å². The van der Waals surface area contributed by atoms with E-state index in [1.165, 1.54) is 16.9 Å². The first-order chi connectivity index (χ1) is 11.6. The van der Waals surface area contributed by atoms with Crippen LogP contribution in [0.3, 0.4) is 0 Å². The number of hydrogen-bond donors (Lipinski definition) is 1. The second-order valence-corrected chi connectivity index (χ2v) is 6.81. The Bertz CT molecular complexity index is 846. The summed E-state index contributed by atoms with van der Waals surface area (Å²) in [6.07, 6.45) is 0.807. The Labute approximate surface area is 150 Å². The lowest BCUT2D eigenvalue weighted by molar-refractivity contribution is 0.0957. The van der Waals surface area contributed by atoms with Gasteiger partial charge in [0.15, 0.2) is 0 Å². The average Bonchev–Trinajstić information content (AvgIpc) is 2.98. The number of nitrogens with zero attached hydrogens (tertiary/aromatic N) is 1. The van der Waals surface area contributed by atoms with E-state index in [2.05, 4.69) is 22.4 Å². The molecule has 0 aliphatic heterocycles. The number of thiazole rings is 1. The Hall–Kier alpha value is -2.17. The number of rotatable bonds is 5. The number of carbonyl (C=O) groups excluding carboxylic acids is 1. The molecule has 3 aromatic rings. The van der Waals surface area contributed by atoms with Gasteiger partial charge in [0.25, 0.3) is 5.91 Å². The van der Waals surface area contributed by atoms with Gasteiger partial charge in [-0.05, 0) is 25.0 Å². The molecule has 1 amide bonds. The summed E-state index contributed by atoms with van der Waals surface area (Å²) in [5, 5.41) is 4.38. The lowest BCUT2D eigenvalue weighted by Crippen LogP contribution is -2.25. The van der Waals surface area contributed by atoms with Crippen molar-refractivity contribution >= 4 is 28.8 Å². The summed E-state index contributed by atoms with van der Waals surface area (Å²) in [6.45, 7) is 2.45. The van der Waals surface area contributed by atoms with Crippen LogP contribution in [0.4, 0.5) is 0 Å². The number of nitrogens with one attached hydrogen (secondary N) is 1. The van der Waals surface area contributed by atoms with Gasteiger partial charge in [-0.25, -0.2) is 4.98 Å². The molecule has 0 saturated heterocycles. The summed E-state index contributed by atoms with van der Waals surface area (Å²) >= 11 is 7.59. The Balaban J connectivity index is 1.68. The smallest absolute Gasteiger partial charge is 0.263 e. The van der Waals surface area contributed by atoms with Crippen LogP contribution < -0.4 is 5.32 Å². The molecular weight excluding hydrogens is 340 g/mol. The molecule has 1 aromatic heterocycles. The second kappa shape index (κ2) is 7.60. The predicted molar refractivity (Wildman–Crippen MR) is 99.8 cm³/mol. The molecule has 0 unspecified atom stereocenters. The first-order valence-electron chi connectivity index (χ1n) is 7.69. The summed E-state index contributed by atoms with van der Waals surface area (Å²) in [5.41, 5.74) is 2.79. The molecule has 3 rings (SSSR count). The summed E-state index contributed by atoms with van der Waals surface area (Å²) < 4.78 is 0. The molecule has 1 heterocycles. The summed E-state index contributed by atoms with van der Waals surface area (Å²) in [5.74, 6) is -0.0840. The van der Waals surface area contributed by atoms with Crippen LogP contribution >= 0.6 is 22.9 Å². The fraction of sp³-hybridized carbons (Fsp3) is 0.158. The lowest BCUT2D eigenvalue weighted by Gasteiger charge is -2.04. The molecule has 0 bridgehead atoms. The van der Waals surface area contributed by atoms with Gasteiger partial charge in [0.2, 0.25) is 0 Å². The Morgan fingerprint density at radius 2 is 1.83 bits per heavy atom. The van der Waals surface area contributed by atoms with Crippen LogP contribution in [0, 0.1) is 6.92 Å². The minimum absolute atomic E-state index is 0.0840. The molecule has 0 radical (unpaired) electrons. The number of amides is 1. The van der Waals surface area contributed by atoms with Crippen molar-refractivity contribution < 1.29 is 4.79 Å². The summed E-state index contributed by atoms with van der Waals surface area (Å²) in [6, 6.07) is 17.6. The van der Waals surface area contributed by atoms with Crippen molar-refractivity contribution in [3.63, 3.8) is 0 Å². The largest absolute Gasteiger partial charge is 0.351 e.